The number of ether oxygens (including phenoxy) is 2. The second kappa shape index (κ2) is 6.31. The molecule has 3 rings (SSSR count). The number of isocyanates is 1. The zero-order valence-corrected chi connectivity index (χ0v) is 13.5. The van der Waals surface area contributed by atoms with E-state index in [-0.39, 0.29) is 0 Å². The average Bonchev–Trinajstić information content (AvgIpc) is 3.23. The molecule has 2 aliphatic rings. The number of hydrogen-bond acceptors (Lipinski definition) is 4. The Morgan fingerprint density at radius 3 is 2.64 bits per heavy atom. The fourth-order valence-electron chi connectivity index (χ4n) is 3.14. The van der Waals surface area contributed by atoms with Gasteiger partial charge in [-0.3, -0.25) is 0 Å². The molecule has 22 heavy (non-hydrogen) atoms. The van der Waals surface area contributed by atoms with Crippen molar-refractivity contribution in [2.45, 2.75) is 44.1 Å². The Bertz CT molecular complexity index is 600. The van der Waals surface area contributed by atoms with Crippen molar-refractivity contribution in [1.29, 1.82) is 0 Å². The van der Waals surface area contributed by atoms with E-state index in [0.717, 1.165) is 31.2 Å². The molecule has 0 radical (unpaired) electrons. The third-order valence-corrected chi connectivity index (χ3v) is 4.93. The van der Waals surface area contributed by atoms with Crippen LogP contribution in [0.4, 0.5) is 0 Å². The number of halogens is 1. The van der Waals surface area contributed by atoms with Crippen LogP contribution < -0.4 is 9.47 Å². The Hall–Kier alpha value is -1.51. The lowest BCUT2D eigenvalue weighted by atomic mass is 9.88. The number of hydrogen-bond donors (Lipinski definition) is 0. The highest BCUT2D eigenvalue weighted by molar-refractivity contribution is 6.31. The van der Waals surface area contributed by atoms with Crippen molar-refractivity contribution >= 4 is 17.7 Å². The molecule has 0 amide bonds. The van der Waals surface area contributed by atoms with Crippen LogP contribution >= 0.6 is 11.6 Å². The van der Waals surface area contributed by atoms with E-state index in [2.05, 4.69) is 4.99 Å². The van der Waals surface area contributed by atoms with E-state index >= 15 is 0 Å². The van der Waals surface area contributed by atoms with Gasteiger partial charge in [-0.1, -0.05) is 24.4 Å². The van der Waals surface area contributed by atoms with Crippen molar-refractivity contribution < 1.29 is 14.3 Å². The van der Waals surface area contributed by atoms with Crippen LogP contribution in [0.5, 0.6) is 11.5 Å². The molecule has 1 aromatic carbocycles. The Labute approximate surface area is 135 Å². The molecule has 0 heterocycles. The molecule has 2 saturated carbocycles. The lowest BCUT2D eigenvalue weighted by Gasteiger charge is -2.25. The summed E-state index contributed by atoms with van der Waals surface area (Å²) >= 11 is 6.47. The van der Waals surface area contributed by atoms with Crippen molar-refractivity contribution in [3.8, 4) is 11.5 Å². The van der Waals surface area contributed by atoms with Crippen molar-refractivity contribution in [3.63, 3.8) is 0 Å². The lowest BCUT2D eigenvalue weighted by molar-refractivity contribution is 0.279. The molecule has 4 nitrogen and oxygen atoms in total. The first-order valence-corrected chi connectivity index (χ1v) is 8.16. The zero-order valence-electron chi connectivity index (χ0n) is 12.7. The fraction of sp³-hybridized carbons (Fsp3) is 0.588. The van der Waals surface area contributed by atoms with E-state index in [1.807, 2.05) is 6.07 Å². The maximum Gasteiger partial charge on any atom is 0.235 e. The third-order valence-electron chi connectivity index (χ3n) is 4.62. The molecule has 0 aromatic heterocycles. The van der Waals surface area contributed by atoms with E-state index in [9.17, 15) is 4.79 Å². The van der Waals surface area contributed by atoms with Gasteiger partial charge in [-0.05, 0) is 37.7 Å². The van der Waals surface area contributed by atoms with Gasteiger partial charge in [0.2, 0.25) is 6.08 Å². The smallest absolute Gasteiger partial charge is 0.235 e. The highest BCUT2D eigenvalue weighted by Crippen LogP contribution is 2.48. The number of benzene rings is 1. The van der Waals surface area contributed by atoms with Gasteiger partial charge in [0.05, 0.1) is 24.3 Å². The maximum atomic E-state index is 10.9. The van der Waals surface area contributed by atoms with Crippen LogP contribution in [0.25, 0.3) is 0 Å². The summed E-state index contributed by atoms with van der Waals surface area (Å²) in [5.74, 6) is 1.96. The van der Waals surface area contributed by atoms with E-state index in [0.29, 0.717) is 29.0 Å². The van der Waals surface area contributed by atoms with Gasteiger partial charge in [-0.2, -0.15) is 4.99 Å². The SMILES string of the molecule is COc1cc(C2(N=C=O)CCCC2)c(Cl)cc1OCC1CC1. The number of methoxy groups -OCH3 is 1. The maximum absolute atomic E-state index is 10.9. The van der Waals surface area contributed by atoms with E-state index in [1.54, 1.807) is 19.3 Å². The summed E-state index contributed by atoms with van der Waals surface area (Å²) in [4.78, 5) is 15.0. The third kappa shape index (κ3) is 2.99. The van der Waals surface area contributed by atoms with Crippen LogP contribution in [0.3, 0.4) is 0 Å². The highest BCUT2D eigenvalue weighted by Gasteiger charge is 2.38. The normalized spacial score (nSPS) is 19.5. The van der Waals surface area contributed by atoms with Crippen LogP contribution in [-0.4, -0.2) is 19.8 Å². The molecule has 2 aliphatic carbocycles. The molecular weight excluding hydrogens is 302 g/mol. The number of aliphatic imine (C=N–C) groups is 1. The Balaban J connectivity index is 1.95. The van der Waals surface area contributed by atoms with Crippen LogP contribution in [-0.2, 0) is 10.3 Å². The minimum Gasteiger partial charge on any atom is -0.493 e. The second-order valence-electron chi connectivity index (χ2n) is 6.18. The molecule has 2 fully saturated rings. The minimum absolute atomic E-state index is 0.554. The van der Waals surface area contributed by atoms with E-state index in [4.69, 9.17) is 21.1 Å². The predicted octanol–water partition coefficient (Wildman–Crippen LogP) is 4.24. The topological polar surface area (TPSA) is 47.9 Å². The van der Waals surface area contributed by atoms with Gasteiger partial charge in [0.15, 0.2) is 11.5 Å². The van der Waals surface area contributed by atoms with Gasteiger partial charge in [-0.15, -0.1) is 0 Å². The van der Waals surface area contributed by atoms with Crippen LogP contribution in [0.15, 0.2) is 17.1 Å². The monoisotopic (exact) mass is 321 g/mol. The molecular formula is C17H20ClNO3. The summed E-state index contributed by atoms with van der Waals surface area (Å²) in [6.45, 7) is 0.698. The van der Waals surface area contributed by atoms with Crippen LogP contribution in [0, 0.1) is 5.92 Å². The summed E-state index contributed by atoms with van der Waals surface area (Å²) in [7, 11) is 1.61. The summed E-state index contributed by atoms with van der Waals surface area (Å²) in [5, 5.41) is 0.576. The molecule has 0 aliphatic heterocycles. The molecule has 0 saturated heterocycles. The number of rotatable bonds is 6. The largest absolute Gasteiger partial charge is 0.493 e. The van der Waals surface area contributed by atoms with Crippen molar-refractivity contribution in [1.82, 2.24) is 0 Å². The first-order chi connectivity index (χ1) is 10.7. The Morgan fingerprint density at radius 1 is 1.32 bits per heavy atom. The average molecular weight is 322 g/mol. The predicted molar refractivity (Wildman–Crippen MR) is 84.5 cm³/mol. The fourth-order valence-corrected chi connectivity index (χ4v) is 3.47. The first kappa shape index (κ1) is 15.4. The van der Waals surface area contributed by atoms with Gasteiger partial charge in [0, 0.05) is 11.6 Å². The zero-order chi connectivity index (χ0) is 15.6. The quantitative estimate of drug-likeness (QED) is 0.581. The van der Waals surface area contributed by atoms with Gasteiger partial charge in [-0.25, -0.2) is 4.79 Å². The molecule has 0 atom stereocenters. The molecule has 1 aromatic rings. The summed E-state index contributed by atoms with van der Waals surface area (Å²) in [5.41, 5.74) is 0.284. The minimum atomic E-state index is -0.554. The Morgan fingerprint density at radius 2 is 2.05 bits per heavy atom. The summed E-state index contributed by atoms with van der Waals surface area (Å²) in [6.07, 6.45) is 7.86. The second-order valence-corrected chi connectivity index (χ2v) is 6.59. The molecule has 0 N–H and O–H groups in total. The first-order valence-electron chi connectivity index (χ1n) is 7.78. The molecule has 118 valence electrons. The van der Waals surface area contributed by atoms with Gasteiger partial charge >= 0.3 is 0 Å². The van der Waals surface area contributed by atoms with Crippen molar-refractivity contribution in [2.75, 3.05) is 13.7 Å². The molecule has 0 spiro atoms. The molecule has 5 heteroatoms. The summed E-state index contributed by atoms with van der Waals surface area (Å²) in [6, 6.07) is 3.66. The van der Waals surface area contributed by atoms with Crippen LogP contribution in [0.1, 0.15) is 44.1 Å². The van der Waals surface area contributed by atoms with E-state index < -0.39 is 5.54 Å². The Kier molecular flexibility index (Phi) is 4.42. The lowest BCUT2D eigenvalue weighted by Crippen LogP contribution is -2.19. The van der Waals surface area contributed by atoms with Gasteiger partial charge < -0.3 is 9.47 Å². The standard InChI is InChI=1S/C17H20ClNO3/c1-21-15-8-13(17(19-11-20)6-2-3-7-17)14(18)9-16(15)22-10-12-4-5-12/h8-9,12H,2-7,10H2,1H3. The van der Waals surface area contributed by atoms with Crippen LogP contribution in [0.2, 0.25) is 5.02 Å². The van der Waals surface area contributed by atoms with Gasteiger partial charge in [0.25, 0.3) is 0 Å². The number of nitrogens with zero attached hydrogens (tertiary/aromatic N) is 1. The van der Waals surface area contributed by atoms with Crippen molar-refractivity contribution in [3.05, 3.63) is 22.7 Å². The molecule has 0 bridgehead atoms. The molecule has 0 unspecified atom stereocenters. The van der Waals surface area contributed by atoms with Gasteiger partial charge in [0.1, 0.15) is 0 Å². The number of carbonyl (C=O) groups excluding carboxylic acids is 1. The summed E-state index contributed by atoms with van der Waals surface area (Å²) < 4.78 is 11.3. The van der Waals surface area contributed by atoms with E-state index in [1.165, 1.54) is 12.8 Å². The highest BCUT2D eigenvalue weighted by atomic mass is 35.5. The van der Waals surface area contributed by atoms with Crippen molar-refractivity contribution in [2.24, 2.45) is 10.9 Å².